The fraction of sp³-hybridized carbons (Fsp3) is 0.500. The highest BCUT2D eigenvalue weighted by Crippen LogP contribution is 2.32. The third kappa shape index (κ3) is 2.58. The van der Waals surface area contributed by atoms with Crippen molar-refractivity contribution in [2.45, 2.75) is 33.7 Å². The van der Waals surface area contributed by atoms with Crippen molar-refractivity contribution in [3.05, 3.63) is 23.8 Å². The van der Waals surface area contributed by atoms with Crippen LogP contribution in [0.25, 0.3) is 0 Å². The minimum atomic E-state index is -0.0873. The molecule has 0 radical (unpaired) electrons. The molecule has 0 aromatic heterocycles. The third-order valence-electron chi connectivity index (χ3n) is 3.28. The fourth-order valence-electron chi connectivity index (χ4n) is 1.53. The van der Waals surface area contributed by atoms with Gasteiger partial charge in [0.15, 0.2) is 11.5 Å². The Labute approximate surface area is 107 Å². The number of hydrogen-bond donors (Lipinski definition) is 1. The topological polar surface area (TPSA) is 47.6 Å². The number of carbonyl (C=O) groups is 1. The van der Waals surface area contributed by atoms with E-state index in [1.54, 1.807) is 18.2 Å². The summed E-state index contributed by atoms with van der Waals surface area (Å²) in [6.07, 6.45) is 0. The molecule has 0 saturated heterocycles. The van der Waals surface area contributed by atoms with Crippen LogP contribution in [0.1, 0.15) is 38.1 Å². The molecule has 1 heterocycles. The average molecular weight is 249 g/mol. The maximum Gasteiger partial charge on any atom is 0.251 e. The molecule has 1 aromatic carbocycles. The summed E-state index contributed by atoms with van der Waals surface area (Å²) in [5.74, 6) is 1.23. The number of benzene rings is 1. The van der Waals surface area contributed by atoms with Crippen LogP contribution >= 0.6 is 0 Å². The molecule has 4 heteroatoms. The molecule has 1 amide bonds. The SMILES string of the molecule is CC(NC(=O)c1ccc2c(c1)OCO2)C(C)(C)C. The van der Waals surface area contributed by atoms with E-state index in [-0.39, 0.29) is 24.2 Å². The Bertz CT molecular complexity index is 463. The van der Waals surface area contributed by atoms with Gasteiger partial charge in [-0.1, -0.05) is 20.8 Å². The highest BCUT2D eigenvalue weighted by molar-refractivity contribution is 5.95. The van der Waals surface area contributed by atoms with Gasteiger partial charge in [0.2, 0.25) is 6.79 Å². The Morgan fingerprint density at radius 1 is 1.28 bits per heavy atom. The first-order chi connectivity index (χ1) is 8.38. The fourth-order valence-corrected chi connectivity index (χ4v) is 1.53. The normalized spacial score (nSPS) is 15.3. The van der Waals surface area contributed by atoms with Gasteiger partial charge in [0.1, 0.15) is 0 Å². The van der Waals surface area contributed by atoms with Crippen LogP contribution in [0.3, 0.4) is 0 Å². The number of ether oxygens (including phenoxy) is 2. The molecule has 2 rings (SSSR count). The summed E-state index contributed by atoms with van der Waals surface area (Å²) in [7, 11) is 0. The molecule has 4 nitrogen and oxygen atoms in total. The van der Waals surface area contributed by atoms with Crippen molar-refractivity contribution in [3.63, 3.8) is 0 Å². The van der Waals surface area contributed by atoms with E-state index < -0.39 is 0 Å². The lowest BCUT2D eigenvalue weighted by Crippen LogP contribution is -2.41. The van der Waals surface area contributed by atoms with E-state index >= 15 is 0 Å². The van der Waals surface area contributed by atoms with Gasteiger partial charge in [-0.15, -0.1) is 0 Å². The predicted molar refractivity (Wildman–Crippen MR) is 68.9 cm³/mol. The van der Waals surface area contributed by atoms with Gasteiger partial charge in [-0.2, -0.15) is 0 Å². The summed E-state index contributed by atoms with van der Waals surface area (Å²) in [6.45, 7) is 8.51. The standard InChI is InChI=1S/C14H19NO3/c1-9(14(2,3)4)15-13(16)10-5-6-11-12(7-10)18-8-17-11/h5-7,9H,8H2,1-4H3,(H,15,16). The van der Waals surface area contributed by atoms with Gasteiger partial charge in [0.25, 0.3) is 5.91 Å². The van der Waals surface area contributed by atoms with Crippen LogP contribution in [0, 0.1) is 5.41 Å². The van der Waals surface area contributed by atoms with Gasteiger partial charge >= 0.3 is 0 Å². The summed E-state index contributed by atoms with van der Waals surface area (Å²) in [5.41, 5.74) is 0.627. The molecule has 0 fully saturated rings. The lowest BCUT2D eigenvalue weighted by Gasteiger charge is -2.28. The largest absolute Gasteiger partial charge is 0.454 e. The van der Waals surface area contributed by atoms with Gasteiger partial charge in [-0.3, -0.25) is 4.79 Å². The first kappa shape index (κ1) is 12.7. The van der Waals surface area contributed by atoms with E-state index in [2.05, 4.69) is 26.1 Å². The van der Waals surface area contributed by atoms with Crippen LogP contribution < -0.4 is 14.8 Å². The monoisotopic (exact) mass is 249 g/mol. The zero-order chi connectivity index (χ0) is 13.3. The zero-order valence-corrected chi connectivity index (χ0v) is 11.2. The molecule has 18 heavy (non-hydrogen) atoms. The van der Waals surface area contributed by atoms with Crippen molar-refractivity contribution in [2.24, 2.45) is 5.41 Å². The molecule has 0 saturated carbocycles. The molecule has 1 aliphatic heterocycles. The quantitative estimate of drug-likeness (QED) is 0.876. The van der Waals surface area contributed by atoms with E-state index in [1.165, 1.54) is 0 Å². The lowest BCUT2D eigenvalue weighted by molar-refractivity contribution is 0.0909. The molecular formula is C14H19NO3. The van der Waals surface area contributed by atoms with Crippen molar-refractivity contribution >= 4 is 5.91 Å². The molecule has 1 aliphatic rings. The number of rotatable bonds is 2. The van der Waals surface area contributed by atoms with E-state index in [4.69, 9.17) is 9.47 Å². The first-order valence-electron chi connectivity index (χ1n) is 6.08. The summed E-state index contributed by atoms with van der Waals surface area (Å²) >= 11 is 0. The molecule has 0 aliphatic carbocycles. The van der Waals surface area contributed by atoms with Crippen molar-refractivity contribution < 1.29 is 14.3 Å². The van der Waals surface area contributed by atoms with E-state index in [0.717, 1.165) is 0 Å². The molecular weight excluding hydrogens is 230 g/mol. The van der Waals surface area contributed by atoms with Crippen LogP contribution in [-0.2, 0) is 0 Å². The van der Waals surface area contributed by atoms with E-state index in [0.29, 0.717) is 17.1 Å². The average Bonchev–Trinajstić information content (AvgIpc) is 2.74. The van der Waals surface area contributed by atoms with Crippen molar-refractivity contribution in [1.82, 2.24) is 5.32 Å². The number of amides is 1. The molecule has 98 valence electrons. The summed E-state index contributed by atoms with van der Waals surface area (Å²) in [5, 5.41) is 2.99. The Kier molecular flexibility index (Phi) is 3.20. The molecule has 1 aromatic rings. The van der Waals surface area contributed by atoms with Crippen LogP contribution in [0.4, 0.5) is 0 Å². The summed E-state index contributed by atoms with van der Waals surface area (Å²) in [4.78, 5) is 12.1. The Balaban J connectivity index is 2.10. The van der Waals surface area contributed by atoms with Crippen LogP contribution in [0.2, 0.25) is 0 Å². The van der Waals surface area contributed by atoms with Crippen LogP contribution in [-0.4, -0.2) is 18.7 Å². The molecule has 1 N–H and O–H groups in total. The predicted octanol–water partition coefficient (Wildman–Crippen LogP) is 2.58. The minimum absolute atomic E-state index is 0.0337. The highest BCUT2D eigenvalue weighted by Gasteiger charge is 2.23. The second kappa shape index (κ2) is 4.52. The molecule has 1 unspecified atom stereocenters. The van der Waals surface area contributed by atoms with Crippen molar-refractivity contribution in [1.29, 1.82) is 0 Å². The molecule has 0 spiro atoms. The molecule has 1 atom stereocenters. The Morgan fingerprint density at radius 3 is 2.61 bits per heavy atom. The van der Waals surface area contributed by atoms with Gasteiger partial charge in [-0.05, 0) is 30.5 Å². The minimum Gasteiger partial charge on any atom is -0.454 e. The van der Waals surface area contributed by atoms with Gasteiger partial charge in [0, 0.05) is 11.6 Å². The van der Waals surface area contributed by atoms with Gasteiger partial charge in [-0.25, -0.2) is 0 Å². The summed E-state index contributed by atoms with van der Waals surface area (Å²) < 4.78 is 10.5. The van der Waals surface area contributed by atoms with Crippen molar-refractivity contribution in [2.75, 3.05) is 6.79 Å². The van der Waals surface area contributed by atoms with Gasteiger partial charge in [0.05, 0.1) is 0 Å². The maximum atomic E-state index is 12.1. The number of carbonyl (C=O) groups excluding carboxylic acids is 1. The van der Waals surface area contributed by atoms with Crippen LogP contribution in [0.15, 0.2) is 18.2 Å². The smallest absolute Gasteiger partial charge is 0.251 e. The maximum absolute atomic E-state index is 12.1. The Hall–Kier alpha value is -1.71. The van der Waals surface area contributed by atoms with Crippen molar-refractivity contribution in [3.8, 4) is 11.5 Å². The third-order valence-corrected chi connectivity index (χ3v) is 3.28. The van der Waals surface area contributed by atoms with Crippen LogP contribution in [0.5, 0.6) is 11.5 Å². The zero-order valence-electron chi connectivity index (χ0n) is 11.2. The summed E-state index contributed by atoms with van der Waals surface area (Å²) in [6, 6.07) is 5.32. The van der Waals surface area contributed by atoms with E-state index in [1.807, 2.05) is 6.92 Å². The lowest BCUT2D eigenvalue weighted by atomic mass is 9.88. The second-order valence-electron chi connectivity index (χ2n) is 5.63. The highest BCUT2D eigenvalue weighted by atomic mass is 16.7. The van der Waals surface area contributed by atoms with E-state index in [9.17, 15) is 4.79 Å². The number of hydrogen-bond acceptors (Lipinski definition) is 3. The number of fused-ring (bicyclic) bond motifs is 1. The number of nitrogens with one attached hydrogen (secondary N) is 1. The van der Waals surface area contributed by atoms with Gasteiger partial charge < -0.3 is 14.8 Å². The Morgan fingerprint density at radius 2 is 1.94 bits per heavy atom. The molecule has 0 bridgehead atoms. The first-order valence-corrected chi connectivity index (χ1v) is 6.08. The second-order valence-corrected chi connectivity index (χ2v) is 5.63.